The van der Waals surface area contributed by atoms with Crippen molar-refractivity contribution in [3.05, 3.63) is 29.6 Å². The third-order valence-electron chi connectivity index (χ3n) is 5.52. The van der Waals surface area contributed by atoms with Crippen LogP contribution in [0, 0.1) is 23.1 Å². The highest BCUT2D eigenvalue weighted by atomic mass is 19.1. The number of aliphatic hydroxyl groups excluding tert-OH is 1. The molecule has 1 unspecified atom stereocenters. The number of benzene rings is 1. The molecule has 1 N–H and O–H groups in total. The summed E-state index contributed by atoms with van der Waals surface area (Å²) in [6.45, 7) is 1.14. The van der Waals surface area contributed by atoms with Crippen molar-refractivity contribution in [1.82, 2.24) is 4.90 Å². The average molecular weight is 345 g/mol. The third kappa shape index (κ3) is 3.77. The average Bonchev–Trinajstić information content (AvgIpc) is 3.10. The van der Waals surface area contributed by atoms with Crippen LogP contribution >= 0.6 is 0 Å². The van der Waals surface area contributed by atoms with Crippen LogP contribution in [0.1, 0.15) is 37.7 Å². The Morgan fingerprint density at radius 3 is 2.68 bits per heavy atom. The Bertz CT molecular complexity index is 680. The third-order valence-corrected chi connectivity index (χ3v) is 5.52. The Balaban J connectivity index is 1.62. The van der Waals surface area contributed by atoms with Crippen molar-refractivity contribution in [2.45, 2.75) is 44.2 Å². The Hall–Kier alpha value is -2.13. The molecule has 3 rings (SSSR count). The number of nitrogens with zero attached hydrogens (tertiary/aromatic N) is 3. The van der Waals surface area contributed by atoms with E-state index in [0.717, 1.165) is 25.7 Å². The molecule has 1 aromatic rings. The van der Waals surface area contributed by atoms with Gasteiger partial charge in [0.15, 0.2) is 0 Å². The molecule has 1 saturated heterocycles. The summed E-state index contributed by atoms with van der Waals surface area (Å²) >= 11 is 0. The molecule has 0 radical (unpaired) electrons. The zero-order valence-electron chi connectivity index (χ0n) is 14.5. The summed E-state index contributed by atoms with van der Waals surface area (Å²) in [6, 6.07) is 6.58. The van der Waals surface area contributed by atoms with Gasteiger partial charge in [-0.3, -0.25) is 4.79 Å². The first-order valence-electron chi connectivity index (χ1n) is 8.89. The maximum absolute atomic E-state index is 14.2. The van der Waals surface area contributed by atoms with Crippen molar-refractivity contribution in [2.75, 3.05) is 25.0 Å². The van der Waals surface area contributed by atoms with E-state index in [9.17, 15) is 14.3 Å². The van der Waals surface area contributed by atoms with E-state index in [4.69, 9.17) is 5.26 Å². The van der Waals surface area contributed by atoms with Crippen LogP contribution in [-0.4, -0.2) is 48.2 Å². The van der Waals surface area contributed by atoms with Gasteiger partial charge in [-0.25, -0.2) is 4.39 Å². The van der Waals surface area contributed by atoms with Gasteiger partial charge in [-0.15, -0.1) is 0 Å². The molecular weight excluding hydrogens is 321 g/mol. The molecule has 134 valence electrons. The van der Waals surface area contributed by atoms with Crippen LogP contribution in [0.5, 0.6) is 0 Å². The molecule has 0 aromatic heterocycles. The normalized spacial score (nSPS) is 26.3. The Morgan fingerprint density at radius 1 is 1.32 bits per heavy atom. The lowest BCUT2D eigenvalue weighted by molar-refractivity contribution is -0.136. The number of nitriles is 1. The fourth-order valence-corrected chi connectivity index (χ4v) is 3.93. The van der Waals surface area contributed by atoms with E-state index in [1.54, 1.807) is 12.1 Å². The van der Waals surface area contributed by atoms with E-state index in [1.807, 2.05) is 22.9 Å². The lowest BCUT2D eigenvalue weighted by atomic mass is 9.91. The van der Waals surface area contributed by atoms with Crippen molar-refractivity contribution in [2.24, 2.45) is 5.92 Å². The van der Waals surface area contributed by atoms with Crippen LogP contribution in [0.15, 0.2) is 18.2 Å². The number of aliphatic hydroxyl groups is 1. The van der Waals surface area contributed by atoms with Gasteiger partial charge in [0.25, 0.3) is 0 Å². The largest absolute Gasteiger partial charge is 0.393 e. The fraction of sp³-hybridized carbons (Fsp3) is 0.579. The quantitative estimate of drug-likeness (QED) is 0.913. The minimum Gasteiger partial charge on any atom is -0.393 e. The zero-order chi connectivity index (χ0) is 18.0. The smallest absolute Gasteiger partial charge is 0.227 e. The lowest BCUT2D eigenvalue weighted by Crippen LogP contribution is -2.43. The maximum atomic E-state index is 14.2. The molecule has 2 aliphatic rings. The summed E-state index contributed by atoms with van der Waals surface area (Å²) < 4.78 is 14.2. The minimum absolute atomic E-state index is 0.109. The van der Waals surface area contributed by atoms with Gasteiger partial charge in [-0.2, -0.15) is 5.26 Å². The summed E-state index contributed by atoms with van der Waals surface area (Å²) in [5.41, 5.74) is 0.755. The molecule has 1 aromatic carbocycles. The Morgan fingerprint density at radius 2 is 2.04 bits per heavy atom. The van der Waals surface area contributed by atoms with Crippen LogP contribution in [-0.2, 0) is 4.79 Å². The number of carbonyl (C=O) groups excluding carboxylic acids is 1. The molecule has 6 heteroatoms. The van der Waals surface area contributed by atoms with Gasteiger partial charge in [0.05, 0.1) is 29.3 Å². The second kappa shape index (κ2) is 7.40. The van der Waals surface area contributed by atoms with E-state index < -0.39 is 5.82 Å². The monoisotopic (exact) mass is 345 g/mol. The lowest BCUT2D eigenvalue weighted by Gasteiger charge is -2.34. The van der Waals surface area contributed by atoms with Gasteiger partial charge in [-0.1, -0.05) is 0 Å². The van der Waals surface area contributed by atoms with Gasteiger partial charge < -0.3 is 14.9 Å². The Kier molecular flexibility index (Phi) is 5.24. The number of anilines is 1. The van der Waals surface area contributed by atoms with E-state index in [0.29, 0.717) is 30.8 Å². The molecule has 1 atom stereocenters. The van der Waals surface area contributed by atoms with Crippen LogP contribution in [0.3, 0.4) is 0 Å². The first-order valence-corrected chi connectivity index (χ1v) is 8.89. The highest BCUT2D eigenvalue weighted by Crippen LogP contribution is 2.29. The van der Waals surface area contributed by atoms with Crippen LogP contribution in [0.2, 0.25) is 0 Å². The number of rotatable bonds is 3. The number of halogens is 1. The van der Waals surface area contributed by atoms with Crippen molar-refractivity contribution in [1.29, 1.82) is 5.26 Å². The number of carbonyl (C=O) groups is 1. The molecule has 1 aliphatic heterocycles. The topological polar surface area (TPSA) is 67.6 Å². The van der Waals surface area contributed by atoms with E-state index >= 15 is 0 Å². The van der Waals surface area contributed by atoms with Crippen LogP contribution < -0.4 is 4.90 Å². The number of hydrogen-bond donors (Lipinski definition) is 1. The summed E-state index contributed by atoms with van der Waals surface area (Å²) in [4.78, 5) is 16.5. The molecule has 2 fully saturated rings. The van der Waals surface area contributed by atoms with Gasteiger partial charge >= 0.3 is 0 Å². The van der Waals surface area contributed by atoms with Gasteiger partial charge in [0.2, 0.25) is 5.91 Å². The van der Waals surface area contributed by atoms with Crippen LogP contribution in [0.25, 0.3) is 0 Å². The minimum atomic E-state index is -0.415. The van der Waals surface area contributed by atoms with Crippen molar-refractivity contribution in [3.63, 3.8) is 0 Å². The fourth-order valence-electron chi connectivity index (χ4n) is 3.93. The second-order valence-corrected chi connectivity index (χ2v) is 7.12. The van der Waals surface area contributed by atoms with Crippen LogP contribution in [0.4, 0.5) is 10.1 Å². The van der Waals surface area contributed by atoms with E-state index in [1.165, 1.54) is 6.07 Å². The molecule has 1 saturated carbocycles. The predicted molar refractivity (Wildman–Crippen MR) is 92.5 cm³/mol. The van der Waals surface area contributed by atoms with E-state index in [2.05, 4.69) is 0 Å². The summed E-state index contributed by atoms with van der Waals surface area (Å²) in [7, 11) is 1.84. The molecule has 25 heavy (non-hydrogen) atoms. The SMILES string of the molecule is CN(C(=O)C1CCN(c2ccc(C#N)cc2F)C1)C1CCC(O)CC1. The van der Waals surface area contributed by atoms with Gasteiger partial charge in [0, 0.05) is 26.2 Å². The zero-order valence-corrected chi connectivity index (χ0v) is 14.5. The first kappa shape index (κ1) is 17.7. The van der Waals surface area contributed by atoms with Crippen molar-refractivity contribution in [3.8, 4) is 6.07 Å². The number of hydrogen-bond acceptors (Lipinski definition) is 4. The Labute approximate surface area is 147 Å². The molecule has 1 heterocycles. The molecule has 5 nitrogen and oxygen atoms in total. The molecule has 0 spiro atoms. The second-order valence-electron chi connectivity index (χ2n) is 7.12. The summed E-state index contributed by atoms with van der Waals surface area (Å²) in [5.74, 6) is -0.438. The molecular formula is C19H24FN3O2. The van der Waals surface area contributed by atoms with Crippen molar-refractivity contribution >= 4 is 11.6 Å². The summed E-state index contributed by atoms with van der Waals surface area (Å²) in [5, 5.41) is 18.5. The highest BCUT2D eigenvalue weighted by molar-refractivity contribution is 5.80. The van der Waals surface area contributed by atoms with E-state index in [-0.39, 0.29) is 24.0 Å². The van der Waals surface area contributed by atoms with Crippen molar-refractivity contribution < 1.29 is 14.3 Å². The summed E-state index contributed by atoms with van der Waals surface area (Å²) in [6.07, 6.45) is 3.64. The molecule has 1 aliphatic carbocycles. The van der Waals surface area contributed by atoms with Gasteiger partial charge in [-0.05, 0) is 50.3 Å². The molecule has 1 amide bonds. The van der Waals surface area contributed by atoms with Gasteiger partial charge in [0.1, 0.15) is 5.82 Å². The maximum Gasteiger partial charge on any atom is 0.227 e. The number of amides is 1. The standard InChI is InChI=1S/C19H24FN3O2/c1-22(15-3-5-16(24)6-4-15)19(25)14-8-9-23(12-14)18-7-2-13(11-21)10-17(18)20/h2,7,10,14-16,24H,3-6,8-9,12H2,1H3. The molecule has 0 bridgehead atoms. The predicted octanol–water partition coefficient (Wildman–Crippen LogP) is 2.29. The first-order chi connectivity index (χ1) is 12.0. The highest BCUT2D eigenvalue weighted by Gasteiger charge is 2.34.